The summed E-state index contributed by atoms with van der Waals surface area (Å²) in [6.07, 6.45) is -0.456. The molecule has 0 saturated carbocycles. The number of nitrogens with zero attached hydrogens (tertiary/aromatic N) is 1. The molecule has 0 aromatic heterocycles. The zero-order valence-corrected chi connectivity index (χ0v) is 11.9. The van der Waals surface area contributed by atoms with E-state index in [1.165, 1.54) is 0 Å². The van der Waals surface area contributed by atoms with Crippen molar-refractivity contribution in [1.82, 2.24) is 4.90 Å². The Balaban J connectivity index is 3.01. The third kappa shape index (κ3) is 3.51. The molecule has 1 unspecified atom stereocenters. The smallest absolute Gasteiger partial charge is 0.269 e. The van der Waals surface area contributed by atoms with Crippen molar-refractivity contribution in [2.75, 3.05) is 6.54 Å². The monoisotopic (exact) mass is 245 g/mol. The highest BCUT2D eigenvalue weighted by Crippen LogP contribution is 2.39. The molecule has 1 aliphatic rings. The largest absolute Gasteiger partial charge is 0.294 e. The number of hydrogen-bond donors (Lipinski definition) is 0. The van der Waals surface area contributed by atoms with Crippen molar-refractivity contribution in [3.05, 3.63) is 11.7 Å². The van der Waals surface area contributed by atoms with Crippen LogP contribution in [0.2, 0.25) is 0 Å². The SMILES string of the molecule is CC(C)(C)C1CC(=C(F)F)CCN1C(C)(C)C. The molecular weight excluding hydrogens is 220 g/mol. The van der Waals surface area contributed by atoms with Crippen LogP contribution in [0.5, 0.6) is 0 Å². The molecule has 100 valence electrons. The van der Waals surface area contributed by atoms with Crippen LogP contribution in [0.15, 0.2) is 11.7 Å². The molecule has 1 rings (SSSR count). The lowest BCUT2D eigenvalue weighted by Gasteiger charge is -2.50. The molecular formula is C14H25F2N. The van der Waals surface area contributed by atoms with E-state index in [1.54, 1.807) is 0 Å². The van der Waals surface area contributed by atoms with Gasteiger partial charge in [-0.3, -0.25) is 4.90 Å². The van der Waals surface area contributed by atoms with Crippen LogP contribution in [0.1, 0.15) is 54.4 Å². The highest BCUT2D eigenvalue weighted by molar-refractivity contribution is 5.12. The maximum absolute atomic E-state index is 12.8. The van der Waals surface area contributed by atoms with Gasteiger partial charge in [0.15, 0.2) is 0 Å². The van der Waals surface area contributed by atoms with Crippen molar-refractivity contribution >= 4 is 0 Å². The van der Waals surface area contributed by atoms with E-state index in [0.29, 0.717) is 18.4 Å². The van der Waals surface area contributed by atoms with Gasteiger partial charge in [0.2, 0.25) is 0 Å². The predicted octanol–water partition coefficient (Wildman–Crippen LogP) is 4.45. The molecule has 1 saturated heterocycles. The van der Waals surface area contributed by atoms with Gasteiger partial charge in [0.05, 0.1) is 0 Å². The Morgan fingerprint density at radius 3 is 2.00 bits per heavy atom. The average molecular weight is 245 g/mol. The quantitative estimate of drug-likeness (QED) is 0.609. The molecule has 3 heteroatoms. The highest BCUT2D eigenvalue weighted by Gasteiger charge is 2.39. The molecule has 1 fully saturated rings. The normalized spacial score (nSPS) is 24.0. The first-order valence-corrected chi connectivity index (χ1v) is 6.33. The third-order valence-corrected chi connectivity index (χ3v) is 3.60. The second-order valence-electron chi connectivity index (χ2n) is 7.06. The molecule has 0 aliphatic carbocycles. The summed E-state index contributed by atoms with van der Waals surface area (Å²) in [5.41, 5.74) is 0.412. The highest BCUT2D eigenvalue weighted by atomic mass is 19.3. The predicted molar refractivity (Wildman–Crippen MR) is 68.2 cm³/mol. The van der Waals surface area contributed by atoms with Crippen LogP contribution in [0.25, 0.3) is 0 Å². The zero-order chi connectivity index (χ0) is 13.4. The zero-order valence-electron chi connectivity index (χ0n) is 11.9. The average Bonchev–Trinajstić information content (AvgIpc) is 2.14. The Morgan fingerprint density at radius 1 is 1.12 bits per heavy atom. The van der Waals surface area contributed by atoms with Gasteiger partial charge in [-0.25, -0.2) is 0 Å². The van der Waals surface area contributed by atoms with Gasteiger partial charge in [-0.15, -0.1) is 0 Å². The first-order valence-electron chi connectivity index (χ1n) is 6.33. The fraction of sp³-hybridized carbons (Fsp3) is 0.857. The lowest BCUT2D eigenvalue weighted by molar-refractivity contribution is 0.00819. The van der Waals surface area contributed by atoms with Gasteiger partial charge in [0.1, 0.15) is 0 Å². The van der Waals surface area contributed by atoms with Crippen LogP contribution >= 0.6 is 0 Å². The Labute approximate surface area is 104 Å². The van der Waals surface area contributed by atoms with Crippen molar-refractivity contribution in [2.24, 2.45) is 5.41 Å². The molecule has 1 atom stereocenters. The summed E-state index contributed by atoms with van der Waals surface area (Å²) in [5, 5.41) is 0. The number of likely N-dealkylation sites (tertiary alicyclic amines) is 1. The van der Waals surface area contributed by atoms with Crippen LogP contribution in [0.4, 0.5) is 8.78 Å². The van der Waals surface area contributed by atoms with Crippen LogP contribution in [-0.2, 0) is 0 Å². The van der Waals surface area contributed by atoms with Gasteiger partial charge < -0.3 is 0 Å². The van der Waals surface area contributed by atoms with Crippen LogP contribution < -0.4 is 0 Å². The van der Waals surface area contributed by atoms with Crippen molar-refractivity contribution in [3.8, 4) is 0 Å². The van der Waals surface area contributed by atoms with Gasteiger partial charge in [-0.1, -0.05) is 20.8 Å². The third-order valence-electron chi connectivity index (χ3n) is 3.60. The van der Waals surface area contributed by atoms with Crippen molar-refractivity contribution in [3.63, 3.8) is 0 Å². The second kappa shape index (κ2) is 4.68. The molecule has 0 spiro atoms. The molecule has 0 aromatic rings. The molecule has 17 heavy (non-hydrogen) atoms. The van der Waals surface area contributed by atoms with Crippen molar-refractivity contribution in [2.45, 2.75) is 66.0 Å². The van der Waals surface area contributed by atoms with E-state index in [2.05, 4.69) is 46.4 Å². The summed E-state index contributed by atoms with van der Waals surface area (Å²) < 4.78 is 25.5. The molecule has 0 radical (unpaired) electrons. The second-order valence-corrected chi connectivity index (χ2v) is 7.06. The fourth-order valence-corrected chi connectivity index (χ4v) is 2.61. The first-order chi connectivity index (χ1) is 7.53. The Bertz CT molecular complexity index is 303. The van der Waals surface area contributed by atoms with E-state index < -0.39 is 6.08 Å². The Kier molecular flexibility index (Phi) is 4.02. The number of rotatable bonds is 0. The van der Waals surface area contributed by atoms with Gasteiger partial charge in [-0.2, -0.15) is 8.78 Å². The Morgan fingerprint density at radius 2 is 1.65 bits per heavy atom. The standard InChI is InChI=1S/C14H25F2N/c1-13(2,3)11-9-10(12(15)16)7-8-17(11)14(4,5)6/h11H,7-9H2,1-6H3. The van der Waals surface area contributed by atoms with Gasteiger partial charge in [0, 0.05) is 18.1 Å². The van der Waals surface area contributed by atoms with Crippen LogP contribution in [0.3, 0.4) is 0 Å². The molecule has 1 heterocycles. The van der Waals surface area contributed by atoms with Crippen LogP contribution in [0, 0.1) is 5.41 Å². The maximum Gasteiger partial charge on any atom is 0.269 e. The molecule has 0 N–H and O–H groups in total. The Hall–Kier alpha value is -0.440. The fourth-order valence-electron chi connectivity index (χ4n) is 2.61. The summed E-state index contributed by atoms with van der Waals surface area (Å²) >= 11 is 0. The summed E-state index contributed by atoms with van der Waals surface area (Å²) in [4.78, 5) is 2.37. The molecule has 0 bridgehead atoms. The van der Waals surface area contributed by atoms with E-state index in [-0.39, 0.29) is 17.0 Å². The summed E-state index contributed by atoms with van der Waals surface area (Å²) in [7, 11) is 0. The summed E-state index contributed by atoms with van der Waals surface area (Å²) in [6, 6.07) is 0.188. The van der Waals surface area contributed by atoms with Gasteiger partial charge in [-0.05, 0) is 44.6 Å². The van der Waals surface area contributed by atoms with Crippen molar-refractivity contribution in [1.29, 1.82) is 0 Å². The molecule has 1 nitrogen and oxygen atoms in total. The van der Waals surface area contributed by atoms with Gasteiger partial charge >= 0.3 is 0 Å². The number of hydrogen-bond acceptors (Lipinski definition) is 1. The van der Waals surface area contributed by atoms with Crippen LogP contribution in [-0.4, -0.2) is 23.0 Å². The maximum atomic E-state index is 12.8. The molecule has 1 aliphatic heterocycles. The van der Waals surface area contributed by atoms with E-state index in [9.17, 15) is 8.78 Å². The van der Waals surface area contributed by atoms with Gasteiger partial charge in [0.25, 0.3) is 6.08 Å². The lowest BCUT2D eigenvalue weighted by atomic mass is 9.77. The first kappa shape index (κ1) is 14.6. The number of piperidine rings is 1. The number of halogens is 2. The minimum absolute atomic E-state index is 0.0222. The van der Waals surface area contributed by atoms with E-state index in [0.717, 1.165) is 6.54 Å². The van der Waals surface area contributed by atoms with E-state index in [1.807, 2.05) is 0 Å². The minimum Gasteiger partial charge on any atom is -0.294 e. The molecule has 0 aromatic carbocycles. The van der Waals surface area contributed by atoms with E-state index >= 15 is 0 Å². The topological polar surface area (TPSA) is 3.24 Å². The van der Waals surface area contributed by atoms with E-state index in [4.69, 9.17) is 0 Å². The van der Waals surface area contributed by atoms with Crippen molar-refractivity contribution < 1.29 is 8.78 Å². The minimum atomic E-state index is -1.46. The lowest BCUT2D eigenvalue weighted by Crippen LogP contribution is -2.55. The summed E-state index contributed by atoms with van der Waals surface area (Å²) in [5.74, 6) is 0. The summed E-state index contributed by atoms with van der Waals surface area (Å²) in [6.45, 7) is 13.6. The molecule has 0 amide bonds.